The van der Waals surface area contributed by atoms with E-state index in [1.54, 1.807) is 12.2 Å². The number of hydrogen-bond donors (Lipinski definition) is 1. The predicted molar refractivity (Wildman–Crippen MR) is 56.3 cm³/mol. The van der Waals surface area contributed by atoms with Gasteiger partial charge >= 0.3 is 0 Å². The molecule has 1 N–H and O–H groups in total. The van der Waals surface area contributed by atoms with Crippen molar-refractivity contribution in [3.05, 3.63) is 37.5 Å². The molecule has 72 valence electrons. The van der Waals surface area contributed by atoms with Crippen molar-refractivity contribution in [1.29, 1.82) is 0 Å². The van der Waals surface area contributed by atoms with E-state index >= 15 is 0 Å². The topological polar surface area (TPSA) is 20.2 Å². The Morgan fingerprint density at radius 3 is 2.15 bits per heavy atom. The van der Waals surface area contributed by atoms with Gasteiger partial charge in [-0.15, -0.1) is 0 Å². The summed E-state index contributed by atoms with van der Waals surface area (Å²) in [6, 6.07) is 0. The normalized spacial score (nSPS) is 33.8. The molecular formula is C12H18O. The van der Waals surface area contributed by atoms with E-state index in [2.05, 4.69) is 25.3 Å². The lowest BCUT2D eigenvalue weighted by molar-refractivity contribution is 0.207. The molecule has 0 spiro atoms. The smallest absolute Gasteiger partial charge is 0.0465 e. The molecule has 0 heterocycles. The Bertz CT molecular complexity index is 199. The van der Waals surface area contributed by atoms with Crippen molar-refractivity contribution in [2.75, 3.05) is 6.61 Å². The standard InChI is InChI=1S/C8H12O.C4H6/c9-5-8-4-6-1-2-7(8)3-6;1-3-4-2/h1-2,6-9H,3-5H2;3-4H,1-2H2. The van der Waals surface area contributed by atoms with Crippen LogP contribution < -0.4 is 0 Å². The minimum atomic E-state index is 0.394. The maximum Gasteiger partial charge on any atom is 0.0465 e. The average molecular weight is 178 g/mol. The summed E-state index contributed by atoms with van der Waals surface area (Å²) in [5.74, 6) is 2.13. The van der Waals surface area contributed by atoms with Gasteiger partial charge < -0.3 is 5.11 Å². The van der Waals surface area contributed by atoms with E-state index in [0.29, 0.717) is 12.5 Å². The SMILES string of the molecule is C=CC=C.OCC1CC2C=CC1C2. The van der Waals surface area contributed by atoms with Crippen LogP contribution in [-0.4, -0.2) is 11.7 Å². The van der Waals surface area contributed by atoms with Crippen LogP contribution >= 0.6 is 0 Å². The molecule has 1 saturated carbocycles. The van der Waals surface area contributed by atoms with Gasteiger partial charge in [-0.3, -0.25) is 0 Å². The molecule has 1 fully saturated rings. The van der Waals surface area contributed by atoms with Gasteiger partial charge in [-0.1, -0.05) is 37.5 Å². The Kier molecular flexibility index (Phi) is 3.97. The highest BCUT2D eigenvalue weighted by atomic mass is 16.3. The highest BCUT2D eigenvalue weighted by Gasteiger charge is 2.34. The van der Waals surface area contributed by atoms with Crippen LogP contribution in [0.15, 0.2) is 37.5 Å². The second-order valence-corrected chi connectivity index (χ2v) is 3.69. The molecule has 2 aliphatic rings. The molecule has 1 nitrogen and oxygen atoms in total. The first-order chi connectivity index (χ1) is 6.31. The Morgan fingerprint density at radius 2 is 1.92 bits per heavy atom. The highest BCUT2D eigenvalue weighted by molar-refractivity contribution is 5.09. The Labute approximate surface area is 80.5 Å². The number of fused-ring (bicyclic) bond motifs is 2. The van der Waals surface area contributed by atoms with Gasteiger partial charge in [0.05, 0.1) is 0 Å². The molecule has 2 aliphatic carbocycles. The monoisotopic (exact) mass is 178 g/mol. The van der Waals surface area contributed by atoms with E-state index in [9.17, 15) is 0 Å². The van der Waals surface area contributed by atoms with Crippen LogP contribution in [0.25, 0.3) is 0 Å². The molecule has 0 saturated heterocycles. The van der Waals surface area contributed by atoms with E-state index in [1.165, 1.54) is 12.8 Å². The first-order valence-corrected chi connectivity index (χ1v) is 4.84. The van der Waals surface area contributed by atoms with Gasteiger partial charge in [0, 0.05) is 6.61 Å². The average Bonchev–Trinajstić information content (AvgIpc) is 2.79. The van der Waals surface area contributed by atoms with Gasteiger partial charge in [0.25, 0.3) is 0 Å². The van der Waals surface area contributed by atoms with E-state index in [1.807, 2.05) is 0 Å². The molecule has 3 atom stereocenters. The van der Waals surface area contributed by atoms with Gasteiger partial charge in [0.15, 0.2) is 0 Å². The number of allylic oxidation sites excluding steroid dienone is 4. The number of rotatable bonds is 2. The zero-order chi connectivity index (χ0) is 9.68. The van der Waals surface area contributed by atoms with Crippen molar-refractivity contribution < 1.29 is 5.11 Å². The number of aliphatic hydroxyl groups excluding tert-OH is 1. The second-order valence-electron chi connectivity index (χ2n) is 3.69. The van der Waals surface area contributed by atoms with Crippen LogP contribution in [0.1, 0.15) is 12.8 Å². The van der Waals surface area contributed by atoms with Gasteiger partial charge in [-0.05, 0) is 30.6 Å². The summed E-state index contributed by atoms with van der Waals surface area (Å²) < 4.78 is 0. The summed E-state index contributed by atoms with van der Waals surface area (Å²) >= 11 is 0. The lowest BCUT2D eigenvalue weighted by Crippen LogP contribution is -2.10. The summed E-state index contributed by atoms with van der Waals surface area (Å²) in [5, 5.41) is 8.85. The minimum absolute atomic E-state index is 0.394. The van der Waals surface area contributed by atoms with Crippen molar-refractivity contribution >= 4 is 0 Å². The van der Waals surface area contributed by atoms with Gasteiger partial charge in [-0.2, -0.15) is 0 Å². The Balaban J connectivity index is 0.000000184. The summed E-state index contributed by atoms with van der Waals surface area (Å²) in [5.41, 5.74) is 0. The molecule has 0 aromatic rings. The van der Waals surface area contributed by atoms with E-state index in [4.69, 9.17) is 5.11 Å². The molecule has 3 unspecified atom stereocenters. The first kappa shape index (κ1) is 10.3. The summed E-state index contributed by atoms with van der Waals surface area (Å²) in [6.45, 7) is 7.12. The predicted octanol–water partition coefficient (Wildman–Crippen LogP) is 2.55. The molecule has 0 amide bonds. The highest BCUT2D eigenvalue weighted by Crippen LogP contribution is 2.42. The van der Waals surface area contributed by atoms with Crippen molar-refractivity contribution in [3.63, 3.8) is 0 Å². The zero-order valence-electron chi connectivity index (χ0n) is 8.02. The van der Waals surface area contributed by atoms with Crippen molar-refractivity contribution in [2.24, 2.45) is 17.8 Å². The molecule has 0 aromatic carbocycles. The van der Waals surface area contributed by atoms with Crippen molar-refractivity contribution in [2.45, 2.75) is 12.8 Å². The fourth-order valence-electron chi connectivity index (χ4n) is 2.10. The van der Waals surface area contributed by atoms with Crippen LogP contribution in [0.4, 0.5) is 0 Å². The summed E-state index contributed by atoms with van der Waals surface area (Å²) in [7, 11) is 0. The molecule has 2 bridgehead atoms. The number of aliphatic hydroxyl groups is 1. The summed E-state index contributed by atoms with van der Waals surface area (Å²) in [6.07, 6.45) is 10.4. The van der Waals surface area contributed by atoms with Gasteiger partial charge in [0.1, 0.15) is 0 Å². The fraction of sp³-hybridized carbons (Fsp3) is 0.500. The third kappa shape index (κ3) is 2.56. The van der Waals surface area contributed by atoms with Crippen molar-refractivity contribution in [3.8, 4) is 0 Å². The van der Waals surface area contributed by atoms with Crippen LogP contribution in [0, 0.1) is 17.8 Å². The summed E-state index contributed by atoms with van der Waals surface area (Å²) in [4.78, 5) is 0. The first-order valence-electron chi connectivity index (χ1n) is 4.84. The molecule has 13 heavy (non-hydrogen) atoms. The van der Waals surface area contributed by atoms with E-state index in [-0.39, 0.29) is 0 Å². The van der Waals surface area contributed by atoms with E-state index < -0.39 is 0 Å². The lowest BCUT2D eigenvalue weighted by atomic mass is 9.95. The largest absolute Gasteiger partial charge is 0.396 e. The van der Waals surface area contributed by atoms with Crippen LogP contribution in [0.5, 0.6) is 0 Å². The van der Waals surface area contributed by atoms with E-state index in [0.717, 1.165) is 11.8 Å². The third-order valence-electron chi connectivity index (χ3n) is 2.82. The Hall–Kier alpha value is -0.820. The van der Waals surface area contributed by atoms with Gasteiger partial charge in [0.2, 0.25) is 0 Å². The van der Waals surface area contributed by atoms with Crippen LogP contribution in [0.3, 0.4) is 0 Å². The fourth-order valence-corrected chi connectivity index (χ4v) is 2.10. The third-order valence-corrected chi connectivity index (χ3v) is 2.82. The maximum atomic E-state index is 8.85. The number of hydrogen-bond acceptors (Lipinski definition) is 1. The minimum Gasteiger partial charge on any atom is -0.396 e. The molecular weight excluding hydrogens is 160 g/mol. The molecule has 0 aliphatic heterocycles. The van der Waals surface area contributed by atoms with Crippen LogP contribution in [-0.2, 0) is 0 Å². The van der Waals surface area contributed by atoms with Crippen LogP contribution in [0.2, 0.25) is 0 Å². The quantitative estimate of drug-likeness (QED) is 0.509. The van der Waals surface area contributed by atoms with Crippen molar-refractivity contribution in [1.82, 2.24) is 0 Å². The molecule has 1 heteroatoms. The second kappa shape index (κ2) is 5.03. The molecule has 0 radical (unpaired) electrons. The lowest BCUT2D eigenvalue weighted by Gasteiger charge is -2.13. The Morgan fingerprint density at radius 1 is 1.23 bits per heavy atom. The maximum absolute atomic E-state index is 8.85. The zero-order valence-corrected chi connectivity index (χ0v) is 8.02. The molecule has 0 aromatic heterocycles. The molecule has 2 rings (SSSR count). The van der Waals surface area contributed by atoms with Gasteiger partial charge in [-0.25, -0.2) is 0 Å².